The molecular formula is C25H19ClIN3O3. The molecule has 0 atom stereocenters. The number of carbonyl (C=O) groups is 3. The number of carbonyl (C=O) groups excluding carboxylic acids is 3. The van der Waals surface area contributed by atoms with Crippen LogP contribution in [-0.2, 0) is 16.0 Å². The van der Waals surface area contributed by atoms with Crippen LogP contribution in [0.1, 0.15) is 15.9 Å². The Labute approximate surface area is 209 Å². The Morgan fingerprint density at radius 2 is 1.48 bits per heavy atom. The van der Waals surface area contributed by atoms with E-state index in [0.717, 1.165) is 14.0 Å². The molecule has 1 heterocycles. The van der Waals surface area contributed by atoms with Gasteiger partial charge in [0.15, 0.2) is 0 Å². The van der Waals surface area contributed by atoms with Gasteiger partial charge in [-0.3, -0.25) is 19.3 Å². The number of halogens is 2. The Kier molecular flexibility index (Phi) is 7.10. The van der Waals surface area contributed by atoms with Crippen molar-refractivity contribution in [2.45, 2.75) is 6.42 Å². The van der Waals surface area contributed by atoms with E-state index in [1.54, 1.807) is 24.3 Å². The molecule has 0 fully saturated rings. The fourth-order valence-corrected chi connectivity index (χ4v) is 3.92. The molecule has 4 rings (SSSR count). The first kappa shape index (κ1) is 23.0. The SMILES string of the molecule is O=C(Nc1ccc(I)cc1)c1ccc(NC2=C(Cl)C(=O)N(CCc3ccccc3)C2=O)cc1. The van der Waals surface area contributed by atoms with Crippen molar-refractivity contribution in [3.63, 3.8) is 0 Å². The van der Waals surface area contributed by atoms with Crippen molar-refractivity contribution in [1.82, 2.24) is 4.90 Å². The number of imide groups is 1. The summed E-state index contributed by atoms with van der Waals surface area (Å²) in [6.45, 7) is 0.237. The van der Waals surface area contributed by atoms with Gasteiger partial charge in [-0.1, -0.05) is 41.9 Å². The fourth-order valence-electron chi connectivity index (χ4n) is 3.33. The third-order valence-electron chi connectivity index (χ3n) is 5.10. The van der Waals surface area contributed by atoms with E-state index in [9.17, 15) is 14.4 Å². The van der Waals surface area contributed by atoms with Crippen LogP contribution < -0.4 is 10.6 Å². The Morgan fingerprint density at radius 1 is 0.848 bits per heavy atom. The highest BCUT2D eigenvalue weighted by Gasteiger charge is 2.37. The molecule has 0 saturated heterocycles. The maximum atomic E-state index is 12.8. The molecular weight excluding hydrogens is 553 g/mol. The van der Waals surface area contributed by atoms with Gasteiger partial charge in [0.25, 0.3) is 17.7 Å². The summed E-state index contributed by atoms with van der Waals surface area (Å²) in [7, 11) is 0. The normalized spacial score (nSPS) is 13.5. The highest BCUT2D eigenvalue weighted by molar-refractivity contribution is 14.1. The van der Waals surface area contributed by atoms with Crippen LogP contribution in [0.4, 0.5) is 11.4 Å². The quantitative estimate of drug-likeness (QED) is 0.309. The van der Waals surface area contributed by atoms with E-state index in [-0.39, 0.29) is 23.2 Å². The second-order valence-electron chi connectivity index (χ2n) is 7.35. The summed E-state index contributed by atoms with van der Waals surface area (Å²) >= 11 is 8.37. The van der Waals surface area contributed by atoms with Crippen LogP contribution in [-0.4, -0.2) is 29.2 Å². The first-order chi connectivity index (χ1) is 15.9. The largest absolute Gasteiger partial charge is 0.350 e. The lowest BCUT2D eigenvalue weighted by Gasteiger charge is -2.15. The summed E-state index contributed by atoms with van der Waals surface area (Å²) in [5, 5.41) is 5.61. The smallest absolute Gasteiger partial charge is 0.278 e. The van der Waals surface area contributed by atoms with Crippen LogP contribution >= 0.6 is 34.2 Å². The van der Waals surface area contributed by atoms with E-state index in [1.165, 1.54) is 0 Å². The number of rotatable bonds is 7. The third-order valence-corrected chi connectivity index (χ3v) is 6.17. The van der Waals surface area contributed by atoms with Gasteiger partial charge in [0.1, 0.15) is 10.7 Å². The molecule has 3 aromatic rings. The first-order valence-corrected chi connectivity index (χ1v) is 11.6. The molecule has 3 amide bonds. The molecule has 0 unspecified atom stereocenters. The summed E-state index contributed by atoms with van der Waals surface area (Å²) < 4.78 is 1.08. The summed E-state index contributed by atoms with van der Waals surface area (Å²) in [4.78, 5) is 38.9. The average Bonchev–Trinajstić information content (AvgIpc) is 3.03. The van der Waals surface area contributed by atoms with Crippen molar-refractivity contribution in [3.05, 3.63) is 104 Å². The Hall–Kier alpha value is -3.17. The van der Waals surface area contributed by atoms with E-state index in [2.05, 4.69) is 33.2 Å². The van der Waals surface area contributed by atoms with Crippen LogP contribution in [0.25, 0.3) is 0 Å². The molecule has 0 aromatic heterocycles. The van der Waals surface area contributed by atoms with Crippen molar-refractivity contribution in [1.29, 1.82) is 0 Å². The van der Waals surface area contributed by atoms with E-state index in [0.29, 0.717) is 23.4 Å². The lowest BCUT2D eigenvalue weighted by molar-refractivity contribution is -0.137. The van der Waals surface area contributed by atoms with Crippen LogP contribution in [0.3, 0.4) is 0 Å². The highest BCUT2D eigenvalue weighted by Crippen LogP contribution is 2.26. The van der Waals surface area contributed by atoms with Crippen molar-refractivity contribution in [2.75, 3.05) is 17.2 Å². The Bertz CT molecular complexity index is 1230. The number of hydrogen-bond acceptors (Lipinski definition) is 4. The van der Waals surface area contributed by atoms with Crippen molar-refractivity contribution in [3.8, 4) is 0 Å². The summed E-state index contributed by atoms with van der Waals surface area (Å²) in [5.41, 5.74) is 2.75. The van der Waals surface area contributed by atoms with E-state index in [4.69, 9.17) is 11.6 Å². The van der Waals surface area contributed by atoms with Crippen LogP contribution in [0.15, 0.2) is 89.6 Å². The zero-order valence-electron chi connectivity index (χ0n) is 17.3. The number of nitrogens with one attached hydrogen (secondary N) is 2. The summed E-state index contributed by atoms with van der Waals surface area (Å²) in [6, 6.07) is 23.7. The van der Waals surface area contributed by atoms with Gasteiger partial charge in [-0.05, 0) is 83.1 Å². The van der Waals surface area contributed by atoms with Gasteiger partial charge in [-0.2, -0.15) is 0 Å². The molecule has 0 spiro atoms. The van der Waals surface area contributed by atoms with Gasteiger partial charge in [0.05, 0.1) is 0 Å². The number of anilines is 2. The number of nitrogens with zero attached hydrogens (tertiary/aromatic N) is 1. The predicted octanol–water partition coefficient (Wildman–Crippen LogP) is 5.02. The van der Waals surface area contributed by atoms with Crippen molar-refractivity contribution in [2.24, 2.45) is 0 Å². The van der Waals surface area contributed by atoms with E-state index < -0.39 is 11.8 Å². The minimum Gasteiger partial charge on any atom is -0.350 e. The molecule has 0 radical (unpaired) electrons. The van der Waals surface area contributed by atoms with E-state index >= 15 is 0 Å². The van der Waals surface area contributed by atoms with Gasteiger partial charge < -0.3 is 10.6 Å². The lowest BCUT2D eigenvalue weighted by Crippen LogP contribution is -2.34. The van der Waals surface area contributed by atoms with Gasteiger partial charge in [0.2, 0.25) is 0 Å². The van der Waals surface area contributed by atoms with Gasteiger partial charge in [-0.25, -0.2) is 0 Å². The second kappa shape index (κ2) is 10.2. The zero-order valence-corrected chi connectivity index (χ0v) is 20.3. The van der Waals surface area contributed by atoms with Crippen LogP contribution in [0.5, 0.6) is 0 Å². The van der Waals surface area contributed by atoms with Gasteiger partial charge in [0, 0.05) is 27.1 Å². The van der Waals surface area contributed by atoms with E-state index in [1.807, 2.05) is 54.6 Å². The van der Waals surface area contributed by atoms with Gasteiger partial charge >= 0.3 is 0 Å². The van der Waals surface area contributed by atoms with Gasteiger partial charge in [-0.15, -0.1) is 0 Å². The minimum atomic E-state index is -0.520. The van der Waals surface area contributed by atoms with Crippen molar-refractivity contribution < 1.29 is 14.4 Å². The molecule has 8 heteroatoms. The maximum Gasteiger partial charge on any atom is 0.278 e. The molecule has 33 heavy (non-hydrogen) atoms. The molecule has 2 N–H and O–H groups in total. The van der Waals surface area contributed by atoms with Crippen LogP contribution in [0.2, 0.25) is 0 Å². The lowest BCUT2D eigenvalue weighted by atomic mass is 10.1. The summed E-state index contributed by atoms with van der Waals surface area (Å²) in [5.74, 6) is -1.24. The molecule has 1 aliphatic heterocycles. The third kappa shape index (κ3) is 5.43. The molecule has 0 aliphatic carbocycles. The standard InChI is InChI=1S/C25H19ClIN3O3/c26-21-22(25(33)30(24(21)32)15-14-16-4-2-1-3-5-16)28-19-10-6-17(7-11-19)23(31)29-20-12-8-18(27)9-13-20/h1-13,28H,14-15H2,(H,29,31). The van der Waals surface area contributed by atoms with Crippen molar-refractivity contribution >= 4 is 63.3 Å². The topological polar surface area (TPSA) is 78.5 Å². The minimum absolute atomic E-state index is 0.0332. The molecule has 166 valence electrons. The number of hydrogen-bond donors (Lipinski definition) is 2. The molecule has 0 saturated carbocycles. The average molecular weight is 572 g/mol. The first-order valence-electron chi connectivity index (χ1n) is 10.2. The second-order valence-corrected chi connectivity index (χ2v) is 8.97. The molecule has 1 aliphatic rings. The fraction of sp³-hybridized carbons (Fsp3) is 0.0800. The Balaban J connectivity index is 1.39. The predicted molar refractivity (Wildman–Crippen MR) is 137 cm³/mol. The molecule has 6 nitrogen and oxygen atoms in total. The number of amides is 3. The number of benzene rings is 3. The molecule has 3 aromatic carbocycles. The Morgan fingerprint density at radius 3 is 2.15 bits per heavy atom. The monoisotopic (exact) mass is 571 g/mol. The van der Waals surface area contributed by atoms with Crippen LogP contribution in [0, 0.1) is 3.57 Å². The molecule has 0 bridgehead atoms. The summed E-state index contributed by atoms with van der Waals surface area (Å²) in [6.07, 6.45) is 0.542. The maximum absolute atomic E-state index is 12.8. The highest BCUT2D eigenvalue weighted by atomic mass is 127. The zero-order chi connectivity index (χ0) is 23.4.